The Bertz CT molecular complexity index is 786. The van der Waals surface area contributed by atoms with Gasteiger partial charge >= 0.3 is 0 Å². The normalized spacial score (nSPS) is 29.9. The fraction of sp³-hybridized carbons (Fsp3) is 0.632. The van der Waals surface area contributed by atoms with E-state index in [0.717, 1.165) is 6.42 Å². The standard InChI is InChI=1S/C19H29N3O4S/c1-14-10-22(11-15(2)26-14)27(24,25)17-6-4-16(5-7-17)18(23)21-9-8-19(3,12-20)13-21/h4-7,14-15H,8-13,20H2,1-3H3. The largest absolute Gasteiger partial charge is 0.373 e. The lowest BCUT2D eigenvalue weighted by molar-refractivity contribution is -0.0440. The molecule has 7 nitrogen and oxygen atoms in total. The predicted octanol–water partition coefficient (Wildman–Crippen LogP) is 1.30. The molecular formula is C19H29N3O4S. The smallest absolute Gasteiger partial charge is 0.253 e. The number of amides is 1. The topological polar surface area (TPSA) is 92.9 Å². The van der Waals surface area contributed by atoms with Crippen LogP contribution in [0.15, 0.2) is 29.2 Å². The number of sulfonamides is 1. The molecule has 8 heteroatoms. The Morgan fingerprint density at radius 1 is 1.22 bits per heavy atom. The highest BCUT2D eigenvalue weighted by atomic mass is 32.2. The fourth-order valence-electron chi connectivity index (χ4n) is 3.79. The van der Waals surface area contributed by atoms with Crippen molar-refractivity contribution in [3.05, 3.63) is 29.8 Å². The van der Waals surface area contributed by atoms with Crippen LogP contribution in [-0.2, 0) is 14.8 Å². The zero-order chi connectivity index (χ0) is 19.8. The SMILES string of the molecule is CC1CN(S(=O)(=O)c2ccc(C(=O)N3CCC(C)(CN)C3)cc2)CC(C)O1. The first kappa shape index (κ1) is 20.3. The van der Waals surface area contributed by atoms with E-state index in [9.17, 15) is 13.2 Å². The van der Waals surface area contributed by atoms with Gasteiger partial charge in [0.1, 0.15) is 0 Å². The Kier molecular flexibility index (Phi) is 5.63. The number of nitrogens with zero attached hydrogens (tertiary/aromatic N) is 2. The lowest BCUT2D eigenvalue weighted by atomic mass is 9.90. The molecule has 2 aliphatic rings. The van der Waals surface area contributed by atoms with Crippen LogP contribution < -0.4 is 5.73 Å². The van der Waals surface area contributed by atoms with Gasteiger partial charge in [0.15, 0.2) is 0 Å². The molecule has 0 radical (unpaired) electrons. The highest BCUT2D eigenvalue weighted by Crippen LogP contribution is 2.30. The van der Waals surface area contributed by atoms with Gasteiger partial charge in [-0.3, -0.25) is 4.79 Å². The molecule has 2 N–H and O–H groups in total. The van der Waals surface area contributed by atoms with Crippen LogP contribution in [0.5, 0.6) is 0 Å². The van der Waals surface area contributed by atoms with Gasteiger partial charge in [0.2, 0.25) is 10.0 Å². The number of ether oxygens (including phenoxy) is 1. The summed E-state index contributed by atoms with van der Waals surface area (Å²) >= 11 is 0. The average Bonchev–Trinajstić information content (AvgIpc) is 3.03. The lowest BCUT2D eigenvalue weighted by Crippen LogP contribution is -2.48. The number of carbonyl (C=O) groups is 1. The minimum atomic E-state index is -3.60. The van der Waals surface area contributed by atoms with Gasteiger partial charge in [-0.25, -0.2) is 8.42 Å². The molecular weight excluding hydrogens is 366 g/mol. The summed E-state index contributed by atoms with van der Waals surface area (Å²) in [5, 5.41) is 0. The molecule has 2 fully saturated rings. The molecule has 0 spiro atoms. The molecule has 3 unspecified atom stereocenters. The van der Waals surface area contributed by atoms with E-state index < -0.39 is 10.0 Å². The fourth-order valence-corrected chi connectivity index (χ4v) is 5.38. The third-order valence-corrected chi connectivity index (χ3v) is 7.31. The molecule has 2 heterocycles. The van der Waals surface area contributed by atoms with Crippen LogP contribution in [0.1, 0.15) is 37.6 Å². The molecule has 0 saturated carbocycles. The van der Waals surface area contributed by atoms with E-state index in [1.807, 2.05) is 13.8 Å². The molecule has 2 aliphatic heterocycles. The van der Waals surface area contributed by atoms with E-state index in [-0.39, 0.29) is 28.4 Å². The molecule has 1 aromatic rings. The second kappa shape index (κ2) is 7.50. The van der Waals surface area contributed by atoms with E-state index in [4.69, 9.17) is 10.5 Å². The Morgan fingerprint density at radius 3 is 2.33 bits per heavy atom. The average molecular weight is 396 g/mol. The Balaban J connectivity index is 1.74. The highest BCUT2D eigenvalue weighted by molar-refractivity contribution is 7.89. The summed E-state index contributed by atoms with van der Waals surface area (Å²) < 4.78 is 32.9. The summed E-state index contributed by atoms with van der Waals surface area (Å²) in [6.45, 7) is 8.33. The summed E-state index contributed by atoms with van der Waals surface area (Å²) in [6.07, 6.45) is 0.600. The van der Waals surface area contributed by atoms with Crippen molar-refractivity contribution in [2.45, 2.75) is 44.3 Å². The molecule has 1 aromatic carbocycles. The van der Waals surface area contributed by atoms with Crippen LogP contribution in [0.2, 0.25) is 0 Å². The Morgan fingerprint density at radius 2 is 1.81 bits per heavy atom. The van der Waals surface area contributed by atoms with E-state index in [2.05, 4.69) is 6.92 Å². The predicted molar refractivity (Wildman–Crippen MR) is 103 cm³/mol. The zero-order valence-electron chi connectivity index (χ0n) is 16.2. The minimum absolute atomic E-state index is 0.0390. The van der Waals surface area contributed by atoms with Crippen LogP contribution in [0.3, 0.4) is 0 Å². The first-order valence-electron chi connectivity index (χ1n) is 9.40. The van der Waals surface area contributed by atoms with Gasteiger partial charge in [-0.2, -0.15) is 4.31 Å². The summed E-state index contributed by atoms with van der Waals surface area (Å²) in [7, 11) is -3.60. The Hall–Kier alpha value is -1.48. The van der Waals surface area contributed by atoms with Crippen molar-refractivity contribution < 1.29 is 17.9 Å². The summed E-state index contributed by atoms with van der Waals surface area (Å²) in [4.78, 5) is 14.7. The van der Waals surface area contributed by atoms with Gasteiger partial charge in [0.05, 0.1) is 17.1 Å². The molecule has 0 aromatic heterocycles. The van der Waals surface area contributed by atoms with E-state index >= 15 is 0 Å². The van der Waals surface area contributed by atoms with Gasteiger partial charge in [-0.1, -0.05) is 6.92 Å². The number of morpholine rings is 1. The number of likely N-dealkylation sites (tertiary alicyclic amines) is 1. The second-order valence-corrected chi connectivity index (χ2v) is 10.0. The van der Waals surface area contributed by atoms with Crippen LogP contribution in [0.4, 0.5) is 0 Å². The number of hydrogen-bond donors (Lipinski definition) is 1. The number of hydrogen-bond acceptors (Lipinski definition) is 5. The summed E-state index contributed by atoms with van der Waals surface area (Å²) in [5.74, 6) is -0.0789. The zero-order valence-corrected chi connectivity index (χ0v) is 17.0. The van der Waals surface area contributed by atoms with Crippen LogP contribution in [-0.4, -0.2) is 68.5 Å². The summed E-state index contributed by atoms with van der Waals surface area (Å²) in [5.41, 5.74) is 6.27. The number of nitrogens with two attached hydrogens (primary N) is 1. The second-order valence-electron chi connectivity index (χ2n) is 8.10. The van der Waals surface area contributed by atoms with Crippen molar-refractivity contribution in [1.29, 1.82) is 0 Å². The quantitative estimate of drug-likeness (QED) is 0.829. The molecule has 0 bridgehead atoms. The number of rotatable bonds is 4. The lowest BCUT2D eigenvalue weighted by Gasteiger charge is -2.34. The first-order chi connectivity index (χ1) is 12.6. The molecule has 0 aliphatic carbocycles. The molecule has 27 heavy (non-hydrogen) atoms. The number of carbonyl (C=O) groups excluding carboxylic acids is 1. The van der Waals surface area contributed by atoms with Crippen molar-refractivity contribution in [3.8, 4) is 0 Å². The van der Waals surface area contributed by atoms with Gasteiger partial charge in [-0.05, 0) is 56.5 Å². The maximum atomic E-state index is 12.9. The van der Waals surface area contributed by atoms with Gasteiger partial charge in [0, 0.05) is 31.7 Å². The summed E-state index contributed by atoms with van der Waals surface area (Å²) in [6, 6.07) is 6.23. The molecule has 3 rings (SSSR count). The van der Waals surface area contributed by atoms with Crippen molar-refractivity contribution >= 4 is 15.9 Å². The van der Waals surface area contributed by atoms with Crippen molar-refractivity contribution in [2.24, 2.45) is 11.1 Å². The van der Waals surface area contributed by atoms with E-state index in [0.29, 0.717) is 38.3 Å². The molecule has 2 saturated heterocycles. The van der Waals surface area contributed by atoms with Gasteiger partial charge < -0.3 is 15.4 Å². The Labute approximate surface area is 161 Å². The third-order valence-electron chi connectivity index (χ3n) is 5.46. The van der Waals surface area contributed by atoms with Crippen LogP contribution in [0.25, 0.3) is 0 Å². The highest BCUT2D eigenvalue weighted by Gasteiger charge is 2.36. The minimum Gasteiger partial charge on any atom is -0.373 e. The maximum Gasteiger partial charge on any atom is 0.253 e. The van der Waals surface area contributed by atoms with Crippen molar-refractivity contribution in [2.75, 3.05) is 32.7 Å². The van der Waals surface area contributed by atoms with Crippen LogP contribution >= 0.6 is 0 Å². The van der Waals surface area contributed by atoms with Crippen LogP contribution in [0, 0.1) is 5.41 Å². The molecule has 1 amide bonds. The van der Waals surface area contributed by atoms with E-state index in [1.54, 1.807) is 17.0 Å². The molecule has 150 valence electrons. The van der Waals surface area contributed by atoms with Crippen molar-refractivity contribution in [3.63, 3.8) is 0 Å². The van der Waals surface area contributed by atoms with Gasteiger partial charge in [-0.15, -0.1) is 0 Å². The third kappa shape index (κ3) is 4.18. The number of benzene rings is 1. The van der Waals surface area contributed by atoms with E-state index in [1.165, 1.54) is 16.4 Å². The first-order valence-corrected chi connectivity index (χ1v) is 10.8. The maximum absolute atomic E-state index is 12.9. The molecule has 3 atom stereocenters. The van der Waals surface area contributed by atoms with Crippen molar-refractivity contribution in [1.82, 2.24) is 9.21 Å². The monoisotopic (exact) mass is 395 g/mol. The van der Waals surface area contributed by atoms with Gasteiger partial charge in [0.25, 0.3) is 5.91 Å².